The topological polar surface area (TPSA) is 101 Å². The van der Waals surface area contributed by atoms with E-state index >= 15 is 0 Å². The number of rotatable bonds is 6. The highest BCUT2D eigenvalue weighted by Gasteiger charge is 2.16. The summed E-state index contributed by atoms with van der Waals surface area (Å²) in [5.74, 6) is 0.479. The lowest BCUT2D eigenvalue weighted by Gasteiger charge is -2.14. The predicted octanol–water partition coefficient (Wildman–Crippen LogP) is 2.51. The van der Waals surface area contributed by atoms with Crippen molar-refractivity contribution in [2.75, 3.05) is 7.11 Å². The first-order valence-corrected chi connectivity index (χ1v) is 9.49. The van der Waals surface area contributed by atoms with Crippen LogP contribution in [0.2, 0.25) is 0 Å². The summed E-state index contributed by atoms with van der Waals surface area (Å²) in [4.78, 5) is 33.7. The molecule has 0 bridgehead atoms. The number of hydrogen-bond acceptors (Lipinski definition) is 5. The largest absolute Gasteiger partial charge is 0.496 e. The van der Waals surface area contributed by atoms with E-state index in [-0.39, 0.29) is 17.9 Å². The average Bonchev–Trinajstić information content (AvgIpc) is 3.19. The molecule has 0 saturated heterocycles. The van der Waals surface area contributed by atoms with Gasteiger partial charge >= 0.3 is 0 Å². The number of benzene rings is 1. The van der Waals surface area contributed by atoms with Crippen LogP contribution in [-0.4, -0.2) is 32.6 Å². The number of H-pyrrole nitrogens is 1. The second-order valence-electron chi connectivity index (χ2n) is 6.90. The molecule has 8 heteroatoms. The number of nitrogens with zero attached hydrogens (tertiary/aromatic N) is 3. The van der Waals surface area contributed by atoms with E-state index in [0.29, 0.717) is 17.1 Å². The lowest BCUT2D eigenvalue weighted by Crippen LogP contribution is -2.30. The van der Waals surface area contributed by atoms with E-state index in [4.69, 9.17) is 4.74 Å². The fourth-order valence-electron chi connectivity index (χ4n) is 3.29. The number of para-hydroxylation sites is 1. The molecule has 0 saturated carbocycles. The molecule has 1 atom stereocenters. The maximum absolute atomic E-state index is 12.6. The Morgan fingerprint density at radius 2 is 2.07 bits per heavy atom. The number of fused-ring (bicyclic) bond motifs is 1. The molecule has 4 aromatic rings. The normalized spacial score (nSPS) is 11.9. The van der Waals surface area contributed by atoms with E-state index in [1.165, 1.54) is 10.6 Å². The minimum atomic E-state index is -0.429. The summed E-state index contributed by atoms with van der Waals surface area (Å²) in [7, 11) is 1.57. The molecule has 3 heterocycles. The van der Waals surface area contributed by atoms with E-state index in [1.807, 2.05) is 36.4 Å². The monoisotopic (exact) mass is 403 g/mol. The SMILES string of the molecule is COc1ccccc1CC(=O)N[C@@H](C)c1cc(=O)n2[nH]c(-c3cccnc3)cc2n1. The maximum Gasteiger partial charge on any atom is 0.272 e. The highest BCUT2D eigenvalue weighted by molar-refractivity contribution is 5.79. The molecule has 0 unspecified atom stereocenters. The zero-order chi connectivity index (χ0) is 21.1. The Bertz CT molecular complexity index is 1250. The number of methoxy groups -OCH3 is 1. The minimum Gasteiger partial charge on any atom is -0.496 e. The van der Waals surface area contributed by atoms with Crippen molar-refractivity contribution in [1.29, 1.82) is 0 Å². The van der Waals surface area contributed by atoms with Gasteiger partial charge in [0, 0.05) is 35.7 Å². The molecule has 0 aliphatic rings. The molecule has 2 N–H and O–H groups in total. The Balaban J connectivity index is 1.55. The van der Waals surface area contributed by atoms with Crippen LogP contribution in [0, 0.1) is 0 Å². The molecule has 152 valence electrons. The van der Waals surface area contributed by atoms with Crippen molar-refractivity contribution in [2.24, 2.45) is 0 Å². The fourth-order valence-corrected chi connectivity index (χ4v) is 3.29. The lowest BCUT2D eigenvalue weighted by atomic mass is 10.1. The third kappa shape index (κ3) is 3.93. The second-order valence-corrected chi connectivity index (χ2v) is 6.90. The van der Waals surface area contributed by atoms with Crippen LogP contribution in [0.5, 0.6) is 5.75 Å². The van der Waals surface area contributed by atoms with E-state index < -0.39 is 6.04 Å². The van der Waals surface area contributed by atoms with Gasteiger partial charge in [0.1, 0.15) is 5.75 Å². The van der Waals surface area contributed by atoms with E-state index in [0.717, 1.165) is 16.8 Å². The van der Waals surface area contributed by atoms with Gasteiger partial charge < -0.3 is 10.1 Å². The Kier molecular flexibility index (Phi) is 5.30. The highest BCUT2D eigenvalue weighted by Crippen LogP contribution is 2.19. The Hall–Kier alpha value is -3.94. The Morgan fingerprint density at radius 3 is 2.83 bits per heavy atom. The van der Waals surface area contributed by atoms with Gasteiger partial charge in [0.2, 0.25) is 5.91 Å². The standard InChI is InChI=1S/C22H21N5O3/c1-14(24-21(28)10-15-6-3-4-8-19(15)30-2)17-12-22(29)27-20(25-17)11-18(26-27)16-7-5-9-23-13-16/h3-9,11-14,26H,10H2,1-2H3,(H,24,28)/t14-/m0/s1. The molecule has 0 radical (unpaired) electrons. The second kappa shape index (κ2) is 8.20. The number of hydrogen-bond donors (Lipinski definition) is 2. The zero-order valence-electron chi connectivity index (χ0n) is 16.6. The third-order valence-corrected chi connectivity index (χ3v) is 4.81. The van der Waals surface area contributed by atoms with Gasteiger partial charge in [-0.3, -0.25) is 19.7 Å². The van der Waals surface area contributed by atoms with Gasteiger partial charge in [-0.25, -0.2) is 9.50 Å². The Morgan fingerprint density at radius 1 is 1.23 bits per heavy atom. The first kappa shape index (κ1) is 19.4. The van der Waals surface area contributed by atoms with Crippen molar-refractivity contribution in [3.8, 4) is 17.0 Å². The van der Waals surface area contributed by atoms with Crippen molar-refractivity contribution in [1.82, 2.24) is 24.9 Å². The van der Waals surface area contributed by atoms with Gasteiger partial charge in [-0.05, 0) is 25.1 Å². The van der Waals surface area contributed by atoms with Crippen LogP contribution in [0.4, 0.5) is 0 Å². The van der Waals surface area contributed by atoms with E-state index in [9.17, 15) is 9.59 Å². The molecule has 0 aliphatic heterocycles. The smallest absolute Gasteiger partial charge is 0.272 e. The van der Waals surface area contributed by atoms with Gasteiger partial charge in [0.05, 0.1) is 31.0 Å². The summed E-state index contributed by atoms with van der Waals surface area (Å²) < 4.78 is 6.66. The number of nitrogens with one attached hydrogen (secondary N) is 2. The van der Waals surface area contributed by atoms with Crippen molar-refractivity contribution < 1.29 is 9.53 Å². The molecule has 3 aromatic heterocycles. The van der Waals surface area contributed by atoms with E-state index in [2.05, 4.69) is 20.4 Å². The van der Waals surface area contributed by atoms with E-state index in [1.54, 1.807) is 32.5 Å². The van der Waals surface area contributed by atoms with Crippen LogP contribution in [-0.2, 0) is 11.2 Å². The summed E-state index contributed by atoms with van der Waals surface area (Å²) in [6.45, 7) is 1.80. The summed E-state index contributed by atoms with van der Waals surface area (Å²) in [6, 6.07) is 13.9. The highest BCUT2D eigenvalue weighted by atomic mass is 16.5. The number of aromatic nitrogens is 4. The van der Waals surface area contributed by atoms with Crippen molar-refractivity contribution >= 4 is 11.6 Å². The number of carbonyl (C=O) groups is 1. The number of ether oxygens (including phenoxy) is 1. The van der Waals surface area contributed by atoms with Gasteiger partial charge in [-0.1, -0.05) is 18.2 Å². The summed E-state index contributed by atoms with van der Waals surface area (Å²) in [6.07, 6.45) is 3.56. The first-order valence-electron chi connectivity index (χ1n) is 9.49. The molecule has 4 rings (SSSR count). The molecule has 1 amide bonds. The van der Waals surface area contributed by atoms with Crippen LogP contribution >= 0.6 is 0 Å². The quantitative estimate of drug-likeness (QED) is 0.515. The van der Waals surface area contributed by atoms with Crippen LogP contribution in [0.1, 0.15) is 24.2 Å². The van der Waals surface area contributed by atoms with Crippen LogP contribution < -0.4 is 15.6 Å². The molecule has 0 spiro atoms. The minimum absolute atomic E-state index is 0.172. The van der Waals surface area contributed by atoms with Gasteiger partial charge in [-0.2, -0.15) is 0 Å². The molecule has 0 fully saturated rings. The summed E-state index contributed by atoms with van der Waals surface area (Å²) in [5.41, 5.74) is 3.09. The zero-order valence-corrected chi connectivity index (χ0v) is 16.6. The maximum atomic E-state index is 12.6. The average molecular weight is 403 g/mol. The van der Waals surface area contributed by atoms with Crippen LogP contribution in [0.15, 0.2) is 65.7 Å². The lowest BCUT2D eigenvalue weighted by molar-refractivity contribution is -0.121. The fraction of sp³-hybridized carbons (Fsp3) is 0.182. The summed E-state index contributed by atoms with van der Waals surface area (Å²) in [5, 5.41) is 5.93. The predicted molar refractivity (Wildman–Crippen MR) is 112 cm³/mol. The molecule has 30 heavy (non-hydrogen) atoms. The van der Waals surface area contributed by atoms with Crippen LogP contribution in [0.3, 0.4) is 0 Å². The molecular weight excluding hydrogens is 382 g/mol. The van der Waals surface area contributed by atoms with Gasteiger partial charge in [-0.15, -0.1) is 0 Å². The van der Waals surface area contributed by atoms with Crippen molar-refractivity contribution in [3.63, 3.8) is 0 Å². The van der Waals surface area contributed by atoms with Crippen molar-refractivity contribution in [3.05, 3.63) is 82.5 Å². The van der Waals surface area contributed by atoms with Gasteiger partial charge in [0.15, 0.2) is 5.65 Å². The molecular formula is C22H21N5O3. The first-order chi connectivity index (χ1) is 14.5. The Labute approximate surface area is 172 Å². The van der Waals surface area contributed by atoms with Gasteiger partial charge in [0.25, 0.3) is 5.56 Å². The molecule has 0 aliphatic carbocycles. The number of carbonyl (C=O) groups excluding carboxylic acids is 1. The third-order valence-electron chi connectivity index (χ3n) is 4.81. The molecule has 8 nitrogen and oxygen atoms in total. The number of pyridine rings is 1. The number of aromatic amines is 1. The number of amides is 1. The van der Waals surface area contributed by atoms with Crippen LogP contribution in [0.25, 0.3) is 16.9 Å². The molecule has 1 aromatic carbocycles. The summed E-state index contributed by atoms with van der Waals surface area (Å²) >= 11 is 0. The van der Waals surface area contributed by atoms with Crippen molar-refractivity contribution in [2.45, 2.75) is 19.4 Å².